The summed E-state index contributed by atoms with van der Waals surface area (Å²) in [5.41, 5.74) is 7.58. The van der Waals surface area contributed by atoms with Gasteiger partial charge in [-0.25, -0.2) is 0 Å². The molecule has 4 bridgehead atoms. The standard InChI is InChI=1S/C24H42BNO2Si2.C18H26BNO2.ClH/c1-23(2)19-15-21(23)24(3)22(16-19)27-25(28-24)17-20(18-13-11-10-12-14-18)26(29(4,5)6)30(7,8)9;1-17(2)13-9-15(17)18(3)16(10-13)21-19(22-18)11-14(20)12-7-5-4-6-8-12;/h10-14,19-22H,15-17H2,1-9H3;4-8,13-16H,9-11,20H2,1-3H3;1H/t19?,20-,21?,22?,24+;13?,14-,15?,16?,18+;/m00./s1. The summed E-state index contributed by atoms with van der Waals surface area (Å²) < 4.78 is 29.2. The van der Waals surface area contributed by atoms with Crippen LogP contribution >= 0.6 is 0 Å². The van der Waals surface area contributed by atoms with Gasteiger partial charge in [0.15, 0.2) is 0 Å². The maximum atomic E-state index is 6.85. The van der Waals surface area contributed by atoms with Gasteiger partial charge in [-0.15, -0.1) is 0 Å². The topological polar surface area (TPSA) is 67.8 Å². The van der Waals surface area contributed by atoms with Gasteiger partial charge in [0.2, 0.25) is 0 Å². The minimum absolute atomic E-state index is 0. The first-order chi connectivity index (χ1) is 24.2. The average molecular weight is 779 g/mol. The van der Waals surface area contributed by atoms with Crippen LogP contribution in [0.15, 0.2) is 60.7 Å². The van der Waals surface area contributed by atoms with Gasteiger partial charge in [-0.3, -0.25) is 0 Å². The van der Waals surface area contributed by atoms with E-state index >= 15 is 0 Å². The lowest BCUT2D eigenvalue weighted by atomic mass is 9.43. The highest BCUT2D eigenvalue weighted by molar-refractivity contribution is 6.89. The number of nitrogens with zero attached hydrogens (tertiary/aromatic N) is 1. The molecule has 292 valence electrons. The van der Waals surface area contributed by atoms with E-state index in [1.807, 2.05) is 6.07 Å². The fourth-order valence-electron chi connectivity index (χ4n) is 12.4. The van der Waals surface area contributed by atoms with E-state index in [2.05, 4.69) is 145 Å². The van der Waals surface area contributed by atoms with E-state index in [0.29, 0.717) is 28.7 Å². The Hall–Kier alpha value is -0.946. The largest absolute Gasteiger partial charge is 1.00 e. The van der Waals surface area contributed by atoms with Crippen molar-refractivity contribution in [3.05, 3.63) is 71.8 Å². The van der Waals surface area contributed by atoms with Crippen molar-refractivity contribution >= 4 is 30.7 Å². The lowest BCUT2D eigenvalue weighted by molar-refractivity contribution is -0.420. The Labute approximate surface area is 331 Å². The van der Waals surface area contributed by atoms with Gasteiger partial charge in [0, 0.05) is 24.2 Å². The number of hydrogen-bond acceptors (Lipinski definition) is 5. The normalized spacial score (nSPS) is 35.8. The number of benzene rings is 2. The number of rotatable bonds is 9. The van der Waals surface area contributed by atoms with Gasteiger partial charge in [-0.05, 0) is 79.6 Å². The first-order valence-electron chi connectivity index (χ1n) is 20.5. The van der Waals surface area contributed by atoms with Crippen molar-refractivity contribution < 1.29 is 36.8 Å². The molecule has 10 atom stereocenters. The molecule has 0 aromatic heterocycles. The van der Waals surface area contributed by atoms with Crippen molar-refractivity contribution in [2.45, 2.75) is 155 Å². The van der Waals surface area contributed by atoms with Gasteiger partial charge < -0.3 is 41.0 Å². The monoisotopic (exact) mass is 778 g/mol. The molecule has 6 nitrogen and oxygen atoms in total. The lowest BCUT2D eigenvalue weighted by Crippen LogP contribution is -3.00. The Morgan fingerprint density at radius 2 is 1.04 bits per heavy atom. The molecule has 8 fully saturated rings. The van der Waals surface area contributed by atoms with Gasteiger partial charge in [-0.1, -0.05) is 128 Å². The van der Waals surface area contributed by atoms with Gasteiger partial charge in [0.05, 0.1) is 23.4 Å². The summed E-state index contributed by atoms with van der Waals surface area (Å²) in [5, 5.41) is 0. The second-order valence-electron chi connectivity index (χ2n) is 21.0. The van der Waals surface area contributed by atoms with Crippen molar-refractivity contribution in [1.29, 1.82) is 0 Å². The summed E-state index contributed by atoms with van der Waals surface area (Å²) in [6, 6.07) is 22.2. The summed E-state index contributed by atoms with van der Waals surface area (Å²) in [4.78, 5) is 0. The number of hydrogen-bond donors (Lipinski definition) is 1. The molecule has 2 saturated heterocycles. The molecule has 10 rings (SSSR count). The average Bonchev–Trinajstić information content (AvgIpc) is 3.58. The third-order valence-electron chi connectivity index (χ3n) is 15.1. The zero-order valence-corrected chi connectivity index (χ0v) is 37.7. The van der Waals surface area contributed by atoms with Crippen molar-refractivity contribution in [1.82, 2.24) is 4.23 Å². The zero-order chi connectivity index (χ0) is 37.6. The molecule has 0 radical (unpaired) electrons. The van der Waals surface area contributed by atoms with Gasteiger partial charge in [0.25, 0.3) is 0 Å². The molecule has 8 aliphatic rings. The molecule has 2 heterocycles. The van der Waals surface area contributed by atoms with Gasteiger partial charge in [-0.2, -0.15) is 0 Å². The van der Waals surface area contributed by atoms with E-state index in [1.165, 1.54) is 24.0 Å². The van der Waals surface area contributed by atoms with E-state index in [1.54, 1.807) is 0 Å². The van der Waals surface area contributed by atoms with Crippen LogP contribution in [0.5, 0.6) is 0 Å². The highest BCUT2D eigenvalue weighted by Crippen LogP contribution is 2.67. The molecule has 11 heteroatoms. The molecular weight excluding hydrogens is 710 g/mol. The first-order valence-corrected chi connectivity index (χ1v) is 27.4. The van der Waals surface area contributed by atoms with Crippen LogP contribution in [-0.4, -0.2) is 58.3 Å². The Kier molecular flexibility index (Phi) is 11.4. The van der Waals surface area contributed by atoms with E-state index < -0.39 is 16.5 Å². The van der Waals surface area contributed by atoms with Crippen LogP contribution in [0.2, 0.25) is 51.9 Å². The summed E-state index contributed by atoms with van der Waals surface area (Å²) >= 11 is 0. The quantitative estimate of drug-likeness (QED) is 0.311. The summed E-state index contributed by atoms with van der Waals surface area (Å²) in [6.07, 6.45) is 7.26. The van der Waals surface area contributed by atoms with Crippen molar-refractivity contribution in [2.24, 2.45) is 34.5 Å². The van der Waals surface area contributed by atoms with Crippen molar-refractivity contribution in [3.63, 3.8) is 0 Å². The predicted molar refractivity (Wildman–Crippen MR) is 220 cm³/mol. The first kappa shape index (κ1) is 41.7. The Bertz CT molecular complexity index is 1560. The van der Waals surface area contributed by atoms with Gasteiger partial charge in [0.1, 0.15) is 22.5 Å². The van der Waals surface area contributed by atoms with E-state index in [9.17, 15) is 0 Å². The van der Waals surface area contributed by atoms with Crippen LogP contribution in [0.1, 0.15) is 90.4 Å². The van der Waals surface area contributed by atoms with Crippen LogP contribution in [0.4, 0.5) is 0 Å². The highest BCUT2D eigenvalue weighted by atomic mass is 35.5. The number of quaternary nitrogens is 1. The molecule has 53 heavy (non-hydrogen) atoms. The Morgan fingerprint density at radius 3 is 1.43 bits per heavy atom. The molecule has 6 saturated carbocycles. The van der Waals surface area contributed by atoms with Gasteiger partial charge >= 0.3 is 14.2 Å². The third kappa shape index (κ3) is 7.38. The zero-order valence-electron chi connectivity index (χ0n) is 35.0. The summed E-state index contributed by atoms with van der Waals surface area (Å²) in [7, 11) is -3.29. The van der Waals surface area contributed by atoms with Crippen LogP contribution in [-0.2, 0) is 18.6 Å². The van der Waals surface area contributed by atoms with Crippen LogP contribution in [0.25, 0.3) is 0 Å². The van der Waals surface area contributed by atoms with E-state index in [-0.39, 0.29) is 56.1 Å². The van der Waals surface area contributed by atoms with E-state index in [0.717, 1.165) is 37.3 Å². The lowest BCUT2D eigenvalue weighted by Gasteiger charge is -2.64. The fraction of sp³-hybridized carbons (Fsp3) is 0.714. The maximum Gasteiger partial charge on any atom is 0.464 e. The second-order valence-corrected chi connectivity index (χ2v) is 31.1. The minimum Gasteiger partial charge on any atom is -1.00 e. The molecule has 0 spiro atoms. The van der Waals surface area contributed by atoms with Crippen LogP contribution in [0, 0.1) is 34.5 Å². The molecule has 0 amide bonds. The summed E-state index contributed by atoms with van der Waals surface area (Å²) in [6.45, 7) is 29.3. The molecular formula is C42H69B2ClN2O4Si2. The number of halogens is 1. The molecule has 6 aliphatic carbocycles. The molecule has 3 N–H and O–H groups in total. The fourth-order valence-corrected chi connectivity index (χ4v) is 22.8. The van der Waals surface area contributed by atoms with E-state index in [4.69, 9.17) is 18.6 Å². The van der Waals surface area contributed by atoms with Crippen LogP contribution in [0.3, 0.4) is 0 Å². The SMILES string of the molecule is CC1(C)C2CC3OB(C[C@@H](c4ccccc4)N([Si](C)(C)C)[Si](C)(C)C)O[C@]3(C)C1C2.CC1(C)C2CC3OB(C[C@H]([NH3+])c4ccccc4)O[C@]3(C)C1C2.[Cl-]. The maximum absolute atomic E-state index is 6.85. The molecule has 2 aromatic rings. The summed E-state index contributed by atoms with van der Waals surface area (Å²) in [5.74, 6) is 2.86. The predicted octanol–water partition coefficient (Wildman–Crippen LogP) is 6.13. The molecule has 2 aromatic carbocycles. The highest BCUT2D eigenvalue weighted by Gasteiger charge is 2.69. The Morgan fingerprint density at radius 1 is 0.642 bits per heavy atom. The Balaban J connectivity index is 0.000000186. The minimum atomic E-state index is -1.54. The second kappa shape index (κ2) is 14.5. The molecule has 6 unspecified atom stereocenters. The third-order valence-corrected chi connectivity index (χ3v) is 22.6. The van der Waals surface area contributed by atoms with Crippen molar-refractivity contribution in [2.75, 3.05) is 0 Å². The van der Waals surface area contributed by atoms with Crippen LogP contribution < -0.4 is 18.1 Å². The van der Waals surface area contributed by atoms with Crippen molar-refractivity contribution in [3.8, 4) is 0 Å². The molecule has 2 aliphatic heterocycles. The smallest absolute Gasteiger partial charge is 0.464 e.